The van der Waals surface area contributed by atoms with E-state index in [0.717, 1.165) is 5.82 Å². The number of rotatable bonds is 4. The van der Waals surface area contributed by atoms with E-state index >= 15 is 0 Å². The predicted molar refractivity (Wildman–Crippen MR) is 79.5 cm³/mol. The van der Waals surface area contributed by atoms with Crippen molar-refractivity contribution in [2.24, 2.45) is 5.41 Å². The molecule has 4 heteroatoms. The Hall–Kier alpha value is -1.45. The number of aromatic nitrogens is 1. The van der Waals surface area contributed by atoms with E-state index in [1.165, 1.54) is 25.7 Å². The fraction of sp³-hybridized carbons (Fsp3) is 0.667. The van der Waals surface area contributed by atoms with Gasteiger partial charge in [-0.3, -0.25) is 0 Å². The molecule has 1 aromatic rings. The Morgan fingerprint density at radius 3 is 2.95 bits per heavy atom. The minimum atomic E-state index is 0.423. The second-order valence-corrected chi connectivity index (χ2v) is 6.13. The summed E-state index contributed by atoms with van der Waals surface area (Å²) in [5.74, 6) is 1.39. The van der Waals surface area contributed by atoms with Crippen molar-refractivity contribution < 1.29 is 4.74 Å². The Balaban J connectivity index is 2.04. The molecule has 1 atom stereocenters. The molecule has 0 spiro atoms. The third kappa shape index (κ3) is 3.75. The van der Waals surface area contributed by atoms with Gasteiger partial charge in [-0.15, -0.1) is 0 Å². The smallest absolute Gasteiger partial charge is 0.239 e. The SMILES string of the molecule is CCOc1nc(NC2CCCC(C)(C)C2)ccc1N. The standard InChI is InChI=1S/C15H25N3O/c1-4-19-14-12(16)7-8-13(18-14)17-11-6-5-9-15(2,3)10-11/h7-8,11H,4-6,9-10,16H2,1-3H3,(H,17,18). The minimum absolute atomic E-state index is 0.423. The van der Waals surface area contributed by atoms with Crippen molar-refractivity contribution in [2.45, 2.75) is 52.5 Å². The highest BCUT2D eigenvalue weighted by Crippen LogP contribution is 2.36. The molecule has 1 aliphatic rings. The second kappa shape index (κ2) is 5.68. The zero-order chi connectivity index (χ0) is 13.9. The molecule has 1 heterocycles. The van der Waals surface area contributed by atoms with Crippen molar-refractivity contribution >= 4 is 11.5 Å². The number of nitrogen functional groups attached to an aromatic ring is 1. The number of pyridine rings is 1. The average Bonchev–Trinajstić information content (AvgIpc) is 2.32. The van der Waals surface area contributed by atoms with Crippen LogP contribution in [0.15, 0.2) is 12.1 Å². The first-order valence-electron chi connectivity index (χ1n) is 7.16. The highest BCUT2D eigenvalue weighted by atomic mass is 16.5. The van der Waals surface area contributed by atoms with Crippen molar-refractivity contribution in [1.82, 2.24) is 4.98 Å². The summed E-state index contributed by atoms with van der Waals surface area (Å²) in [4.78, 5) is 4.45. The van der Waals surface area contributed by atoms with Gasteiger partial charge in [-0.05, 0) is 43.7 Å². The van der Waals surface area contributed by atoms with Crippen LogP contribution in [0.1, 0.15) is 46.5 Å². The molecule has 0 aliphatic heterocycles. The van der Waals surface area contributed by atoms with Crippen LogP contribution in [-0.2, 0) is 0 Å². The van der Waals surface area contributed by atoms with Gasteiger partial charge >= 0.3 is 0 Å². The first-order valence-corrected chi connectivity index (χ1v) is 7.16. The van der Waals surface area contributed by atoms with E-state index in [9.17, 15) is 0 Å². The lowest BCUT2D eigenvalue weighted by molar-refractivity contribution is 0.229. The zero-order valence-corrected chi connectivity index (χ0v) is 12.2. The maximum Gasteiger partial charge on any atom is 0.239 e. The van der Waals surface area contributed by atoms with Gasteiger partial charge in [0, 0.05) is 6.04 Å². The number of nitrogens with zero attached hydrogens (tertiary/aromatic N) is 1. The van der Waals surface area contributed by atoms with Crippen LogP contribution in [0.4, 0.5) is 11.5 Å². The largest absolute Gasteiger partial charge is 0.476 e. The summed E-state index contributed by atoms with van der Waals surface area (Å²) >= 11 is 0. The Morgan fingerprint density at radius 2 is 2.26 bits per heavy atom. The Kier molecular flexibility index (Phi) is 4.17. The highest BCUT2D eigenvalue weighted by Gasteiger charge is 2.28. The Labute approximate surface area is 115 Å². The van der Waals surface area contributed by atoms with Gasteiger partial charge < -0.3 is 15.8 Å². The third-order valence-electron chi connectivity index (χ3n) is 3.73. The number of hydrogen-bond donors (Lipinski definition) is 2. The van der Waals surface area contributed by atoms with Crippen molar-refractivity contribution in [3.63, 3.8) is 0 Å². The molecule has 1 fully saturated rings. The van der Waals surface area contributed by atoms with Gasteiger partial charge in [0.2, 0.25) is 5.88 Å². The molecule has 106 valence electrons. The van der Waals surface area contributed by atoms with Crippen LogP contribution in [0.3, 0.4) is 0 Å². The second-order valence-electron chi connectivity index (χ2n) is 6.13. The fourth-order valence-electron chi connectivity index (χ4n) is 2.81. The summed E-state index contributed by atoms with van der Waals surface area (Å²) in [7, 11) is 0. The number of nitrogens with two attached hydrogens (primary N) is 1. The molecule has 2 rings (SSSR count). The first kappa shape index (κ1) is 14.0. The van der Waals surface area contributed by atoms with Crippen molar-refractivity contribution in [2.75, 3.05) is 17.7 Å². The molecule has 3 N–H and O–H groups in total. The third-order valence-corrected chi connectivity index (χ3v) is 3.73. The molecular formula is C15H25N3O. The first-order chi connectivity index (χ1) is 9.00. The van der Waals surface area contributed by atoms with Crippen LogP contribution in [0.25, 0.3) is 0 Å². The van der Waals surface area contributed by atoms with Crippen molar-refractivity contribution in [3.05, 3.63) is 12.1 Å². The molecule has 1 aromatic heterocycles. The number of anilines is 2. The van der Waals surface area contributed by atoms with Gasteiger partial charge in [0.1, 0.15) is 5.82 Å². The van der Waals surface area contributed by atoms with Gasteiger partial charge in [-0.2, -0.15) is 4.98 Å². The molecule has 0 radical (unpaired) electrons. The van der Waals surface area contributed by atoms with Crippen LogP contribution in [0.5, 0.6) is 5.88 Å². The Bertz CT molecular complexity index is 431. The van der Waals surface area contributed by atoms with Crippen LogP contribution in [-0.4, -0.2) is 17.6 Å². The molecule has 0 bridgehead atoms. The van der Waals surface area contributed by atoms with Gasteiger partial charge in [-0.25, -0.2) is 0 Å². The van der Waals surface area contributed by atoms with Crippen LogP contribution < -0.4 is 15.8 Å². The Morgan fingerprint density at radius 1 is 1.47 bits per heavy atom. The van der Waals surface area contributed by atoms with E-state index in [4.69, 9.17) is 10.5 Å². The predicted octanol–water partition coefficient (Wildman–Crippen LogP) is 3.44. The van der Waals surface area contributed by atoms with Crippen molar-refractivity contribution in [3.8, 4) is 5.88 Å². The molecule has 0 saturated heterocycles. The lowest BCUT2D eigenvalue weighted by Gasteiger charge is -2.35. The van der Waals surface area contributed by atoms with Crippen LogP contribution in [0.2, 0.25) is 0 Å². The van der Waals surface area contributed by atoms with Crippen LogP contribution in [0, 0.1) is 5.41 Å². The molecule has 4 nitrogen and oxygen atoms in total. The van der Waals surface area contributed by atoms with E-state index in [-0.39, 0.29) is 0 Å². The molecule has 0 amide bonds. The van der Waals surface area contributed by atoms with E-state index in [1.54, 1.807) is 0 Å². The molecule has 0 aromatic carbocycles. The van der Waals surface area contributed by atoms with Crippen molar-refractivity contribution in [1.29, 1.82) is 0 Å². The van der Waals surface area contributed by atoms with Gasteiger partial charge in [-0.1, -0.05) is 20.3 Å². The monoisotopic (exact) mass is 263 g/mol. The van der Waals surface area contributed by atoms with Gasteiger partial charge in [0.25, 0.3) is 0 Å². The zero-order valence-electron chi connectivity index (χ0n) is 12.2. The number of hydrogen-bond acceptors (Lipinski definition) is 4. The summed E-state index contributed by atoms with van der Waals surface area (Å²) in [5, 5.41) is 3.52. The summed E-state index contributed by atoms with van der Waals surface area (Å²) in [5.41, 5.74) is 6.85. The minimum Gasteiger partial charge on any atom is -0.476 e. The van der Waals surface area contributed by atoms with Gasteiger partial charge in [0.15, 0.2) is 0 Å². The average molecular weight is 263 g/mol. The quantitative estimate of drug-likeness (QED) is 0.873. The summed E-state index contributed by atoms with van der Waals surface area (Å²) in [6.07, 6.45) is 4.98. The highest BCUT2D eigenvalue weighted by molar-refractivity contribution is 5.53. The van der Waals surface area contributed by atoms with E-state index in [1.807, 2.05) is 19.1 Å². The lowest BCUT2D eigenvalue weighted by Crippen LogP contribution is -2.32. The molecular weight excluding hydrogens is 238 g/mol. The summed E-state index contributed by atoms with van der Waals surface area (Å²) < 4.78 is 5.43. The lowest BCUT2D eigenvalue weighted by atomic mass is 9.75. The number of nitrogens with one attached hydrogen (secondary N) is 1. The van der Waals surface area contributed by atoms with Gasteiger partial charge in [0.05, 0.1) is 12.3 Å². The van der Waals surface area contributed by atoms with E-state index in [0.29, 0.717) is 29.6 Å². The molecule has 1 unspecified atom stereocenters. The van der Waals surface area contributed by atoms with E-state index < -0.39 is 0 Å². The topological polar surface area (TPSA) is 60.2 Å². The normalized spacial score (nSPS) is 21.9. The van der Waals surface area contributed by atoms with E-state index in [2.05, 4.69) is 24.1 Å². The van der Waals surface area contributed by atoms with Crippen LogP contribution >= 0.6 is 0 Å². The summed E-state index contributed by atoms with van der Waals surface area (Å²) in [6.45, 7) is 7.19. The maximum absolute atomic E-state index is 5.84. The number of ether oxygens (including phenoxy) is 1. The summed E-state index contributed by atoms with van der Waals surface area (Å²) in [6, 6.07) is 4.28. The molecule has 1 aliphatic carbocycles. The maximum atomic E-state index is 5.84. The fourth-order valence-corrected chi connectivity index (χ4v) is 2.81. The molecule has 1 saturated carbocycles. The molecule has 19 heavy (non-hydrogen) atoms.